The Morgan fingerprint density at radius 3 is 2.21 bits per heavy atom. The smallest absolute Gasteiger partial charge is 0.244 e. The third-order valence-electron chi connectivity index (χ3n) is 6.18. The van der Waals surface area contributed by atoms with E-state index in [1.54, 1.807) is 18.2 Å². The number of benzene rings is 2. The Kier molecular flexibility index (Phi) is 8.43. The van der Waals surface area contributed by atoms with E-state index in [1.807, 2.05) is 0 Å². The number of hydrogen-bond acceptors (Lipinski definition) is 4. The predicted octanol–water partition coefficient (Wildman–Crippen LogP) is 3.25. The van der Waals surface area contributed by atoms with Crippen LogP contribution in [0.3, 0.4) is 0 Å². The molecule has 1 amide bonds. The summed E-state index contributed by atoms with van der Waals surface area (Å²) in [5.74, 6) is -0.139. The van der Waals surface area contributed by atoms with Crippen molar-refractivity contribution in [2.75, 3.05) is 39.3 Å². The maximum Gasteiger partial charge on any atom is 0.244 e. The van der Waals surface area contributed by atoms with Gasteiger partial charge in [0.1, 0.15) is 0 Å². The van der Waals surface area contributed by atoms with Gasteiger partial charge in [-0.3, -0.25) is 9.69 Å². The Morgan fingerprint density at radius 2 is 1.59 bits per heavy atom. The second kappa shape index (κ2) is 12.1. The average Bonchev–Trinajstić information content (AvgIpc) is 2.88. The molecule has 1 N–H and O–H groups in total. The van der Waals surface area contributed by atoms with Crippen molar-refractivity contribution in [3.05, 3.63) is 113 Å². The van der Waals surface area contributed by atoms with Crippen LogP contribution < -0.4 is 10.0 Å². The predicted molar refractivity (Wildman–Crippen MR) is 135 cm³/mol. The van der Waals surface area contributed by atoms with Gasteiger partial charge in [-0.1, -0.05) is 60.7 Å². The summed E-state index contributed by atoms with van der Waals surface area (Å²) in [6.45, 7) is 5.67. The first-order chi connectivity index (χ1) is 16.7. The van der Waals surface area contributed by atoms with Gasteiger partial charge in [0.05, 0.1) is 6.04 Å². The summed E-state index contributed by atoms with van der Waals surface area (Å²) < 4.78 is 0.721. The zero-order valence-electron chi connectivity index (χ0n) is 19.4. The van der Waals surface area contributed by atoms with Crippen molar-refractivity contribution in [2.45, 2.75) is 12.5 Å². The Balaban J connectivity index is 1.22. The van der Waals surface area contributed by atoms with Gasteiger partial charge in [0, 0.05) is 50.4 Å². The van der Waals surface area contributed by atoms with E-state index in [9.17, 15) is 10.0 Å². The van der Waals surface area contributed by atoms with Crippen LogP contribution in [-0.4, -0.2) is 55.0 Å². The monoisotopic (exact) mass is 456 g/mol. The van der Waals surface area contributed by atoms with Gasteiger partial charge in [0.15, 0.2) is 12.4 Å². The van der Waals surface area contributed by atoms with Crippen molar-refractivity contribution in [1.29, 1.82) is 0 Å². The van der Waals surface area contributed by atoms with E-state index >= 15 is 0 Å². The molecular formula is C28H32N4O2. The molecule has 1 saturated heterocycles. The van der Waals surface area contributed by atoms with Gasteiger partial charge >= 0.3 is 0 Å². The SMILES string of the molecule is O=C(/C=C/c1ccc[n+]([O-])c1)NCCCN1CCN(C(c2ccccc2)c2ccccc2)CC1. The number of carbonyl (C=O) groups is 1. The first-order valence-electron chi connectivity index (χ1n) is 11.9. The van der Waals surface area contributed by atoms with Gasteiger partial charge in [0.25, 0.3) is 0 Å². The highest BCUT2D eigenvalue weighted by Crippen LogP contribution is 2.29. The maximum atomic E-state index is 12.0. The molecule has 2 aromatic carbocycles. The summed E-state index contributed by atoms with van der Waals surface area (Å²) in [6.07, 6.45) is 6.89. The molecule has 1 fully saturated rings. The largest absolute Gasteiger partial charge is 0.619 e. The first kappa shape index (κ1) is 23.7. The van der Waals surface area contributed by atoms with Crippen molar-refractivity contribution in [2.24, 2.45) is 0 Å². The molecule has 1 aliphatic heterocycles. The Labute approximate surface area is 201 Å². The van der Waals surface area contributed by atoms with Crippen LogP contribution in [0.1, 0.15) is 29.2 Å². The standard InChI is InChI=1S/C28H32N4O2/c33-27(15-14-24-9-7-18-32(34)23-24)29-16-8-17-30-19-21-31(22-20-30)28(25-10-3-1-4-11-25)26-12-5-2-6-13-26/h1-7,9-15,18,23,28H,8,16-17,19-22H2,(H,29,33)/b15-14+. The zero-order chi connectivity index (χ0) is 23.6. The molecule has 34 heavy (non-hydrogen) atoms. The minimum atomic E-state index is -0.139. The summed E-state index contributed by atoms with van der Waals surface area (Å²) in [7, 11) is 0. The number of rotatable bonds is 9. The quantitative estimate of drug-likeness (QED) is 0.232. The molecule has 6 nitrogen and oxygen atoms in total. The van der Waals surface area contributed by atoms with Crippen LogP contribution in [-0.2, 0) is 4.79 Å². The van der Waals surface area contributed by atoms with E-state index in [0.717, 1.165) is 43.9 Å². The summed E-state index contributed by atoms with van der Waals surface area (Å²) in [5, 5.41) is 14.2. The molecule has 1 aromatic heterocycles. The average molecular weight is 457 g/mol. The van der Waals surface area contributed by atoms with Gasteiger partial charge < -0.3 is 15.4 Å². The van der Waals surface area contributed by atoms with Crippen molar-refractivity contribution in [3.63, 3.8) is 0 Å². The molecule has 1 aliphatic rings. The molecule has 0 atom stereocenters. The van der Waals surface area contributed by atoms with Gasteiger partial charge in [-0.05, 0) is 36.2 Å². The summed E-state index contributed by atoms with van der Waals surface area (Å²) >= 11 is 0. The number of amides is 1. The van der Waals surface area contributed by atoms with Crippen molar-refractivity contribution in [1.82, 2.24) is 15.1 Å². The number of hydrogen-bond donors (Lipinski definition) is 1. The molecule has 3 aromatic rings. The lowest BCUT2D eigenvalue weighted by atomic mass is 9.96. The Bertz CT molecular complexity index is 1020. The summed E-state index contributed by atoms with van der Waals surface area (Å²) in [6, 6.07) is 25.2. The highest BCUT2D eigenvalue weighted by atomic mass is 16.5. The number of nitrogens with one attached hydrogen (secondary N) is 1. The van der Waals surface area contributed by atoms with E-state index in [4.69, 9.17) is 0 Å². The number of aromatic nitrogens is 1. The fourth-order valence-corrected chi connectivity index (χ4v) is 4.45. The molecule has 2 heterocycles. The molecule has 4 rings (SSSR count). The fraction of sp³-hybridized carbons (Fsp3) is 0.286. The summed E-state index contributed by atoms with van der Waals surface area (Å²) in [4.78, 5) is 17.1. The molecule has 6 heteroatoms. The van der Waals surface area contributed by atoms with Crippen molar-refractivity contribution in [3.8, 4) is 0 Å². The lowest BCUT2D eigenvalue weighted by molar-refractivity contribution is -0.605. The van der Waals surface area contributed by atoms with Crippen LogP contribution in [0.25, 0.3) is 6.08 Å². The van der Waals surface area contributed by atoms with Crippen LogP contribution in [0.2, 0.25) is 0 Å². The van der Waals surface area contributed by atoms with E-state index in [1.165, 1.54) is 29.6 Å². The third-order valence-corrected chi connectivity index (χ3v) is 6.18. The number of nitrogens with zero attached hydrogens (tertiary/aromatic N) is 3. The second-order valence-corrected chi connectivity index (χ2v) is 8.58. The van der Waals surface area contributed by atoms with E-state index in [2.05, 4.69) is 75.8 Å². The zero-order valence-corrected chi connectivity index (χ0v) is 19.4. The van der Waals surface area contributed by atoms with E-state index in [-0.39, 0.29) is 11.9 Å². The van der Waals surface area contributed by atoms with Crippen LogP contribution in [0.4, 0.5) is 0 Å². The third kappa shape index (κ3) is 6.76. The molecule has 0 radical (unpaired) electrons. The van der Waals surface area contributed by atoms with Crippen LogP contribution in [0.15, 0.2) is 91.3 Å². The minimum absolute atomic E-state index is 0.139. The molecule has 0 unspecified atom stereocenters. The number of piperazine rings is 1. The normalized spacial score (nSPS) is 15.1. The highest BCUT2D eigenvalue weighted by Gasteiger charge is 2.26. The number of carbonyl (C=O) groups excluding carboxylic acids is 1. The van der Waals surface area contributed by atoms with E-state index < -0.39 is 0 Å². The van der Waals surface area contributed by atoms with Gasteiger partial charge in [-0.2, -0.15) is 4.73 Å². The van der Waals surface area contributed by atoms with Gasteiger partial charge in [-0.25, -0.2) is 0 Å². The van der Waals surface area contributed by atoms with E-state index in [0.29, 0.717) is 12.1 Å². The van der Waals surface area contributed by atoms with Crippen LogP contribution >= 0.6 is 0 Å². The lowest BCUT2D eigenvalue weighted by Gasteiger charge is -2.39. The van der Waals surface area contributed by atoms with Crippen molar-refractivity contribution < 1.29 is 9.52 Å². The lowest BCUT2D eigenvalue weighted by Crippen LogP contribution is -2.48. The van der Waals surface area contributed by atoms with Crippen LogP contribution in [0, 0.1) is 5.21 Å². The van der Waals surface area contributed by atoms with Crippen LogP contribution in [0.5, 0.6) is 0 Å². The number of pyridine rings is 1. The molecule has 0 bridgehead atoms. The molecular weight excluding hydrogens is 424 g/mol. The topological polar surface area (TPSA) is 62.5 Å². The Morgan fingerprint density at radius 1 is 0.941 bits per heavy atom. The highest BCUT2D eigenvalue weighted by molar-refractivity contribution is 5.91. The van der Waals surface area contributed by atoms with Crippen molar-refractivity contribution >= 4 is 12.0 Å². The fourth-order valence-electron chi connectivity index (χ4n) is 4.45. The second-order valence-electron chi connectivity index (χ2n) is 8.58. The molecule has 0 spiro atoms. The van der Waals surface area contributed by atoms with Gasteiger partial charge in [0.2, 0.25) is 5.91 Å². The maximum absolute atomic E-state index is 12.0. The first-order valence-corrected chi connectivity index (χ1v) is 11.9. The molecule has 0 saturated carbocycles. The summed E-state index contributed by atoms with van der Waals surface area (Å²) in [5.41, 5.74) is 3.37. The Hall–Kier alpha value is -3.48. The minimum Gasteiger partial charge on any atom is -0.619 e. The molecule has 0 aliphatic carbocycles. The molecule has 176 valence electrons. The van der Waals surface area contributed by atoms with Gasteiger partial charge in [-0.15, -0.1) is 0 Å².